The van der Waals surface area contributed by atoms with Crippen molar-refractivity contribution in [3.05, 3.63) is 65.3 Å². The van der Waals surface area contributed by atoms with E-state index in [2.05, 4.69) is 15.3 Å². The van der Waals surface area contributed by atoms with Crippen molar-refractivity contribution in [1.82, 2.24) is 15.3 Å². The monoisotopic (exact) mass is 371 g/mol. The molecule has 0 saturated heterocycles. The third-order valence-corrected chi connectivity index (χ3v) is 4.11. The van der Waals surface area contributed by atoms with E-state index in [9.17, 15) is 4.79 Å². The van der Waals surface area contributed by atoms with Crippen molar-refractivity contribution in [2.45, 2.75) is 19.4 Å². The topological polar surface area (TPSA) is 77.2 Å². The highest BCUT2D eigenvalue weighted by atomic mass is 35.5. The summed E-state index contributed by atoms with van der Waals surface area (Å²) in [5.74, 6) is 1.48. The number of benzene rings is 1. The number of methoxy groups -OCH3 is 1. The van der Waals surface area contributed by atoms with Crippen molar-refractivity contribution in [2.24, 2.45) is 0 Å². The number of oxazole rings is 1. The van der Waals surface area contributed by atoms with Crippen molar-refractivity contribution >= 4 is 17.5 Å². The van der Waals surface area contributed by atoms with Crippen LogP contribution < -0.4 is 10.1 Å². The molecule has 0 radical (unpaired) electrons. The number of halogens is 1. The number of carbonyl (C=O) groups is 1. The fourth-order valence-electron chi connectivity index (χ4n) is 2.46. The summed E-state index contributed by atoms with van der Waals surface area (Å²) in [5, 5.41) is 3.44. The van der Waals surface area contributed by atoms with Crippen LogP contribution in [0.25, 0.3) is 11.3 Å². The van der Waals surface area contributed by atoms with Gasteiger partial charge in [-0.1, -0.05) is 29.8 Å². The number of aryl methyl sites for hydroxylation is 1. The van der Waals surface area contributed by atoms with Crippen LogP contribution in [0.3, 0.4) is 0 Å². The van der Waals surface area contributed by atoms with Crippen LogP contribution in [-0.4, -0.2) is 23.0 Å². The van der Waals surface area contributed by atoms with Crippen molar-refractivity contribution in [2.75, 3.05) is 7.11 Å². The van der Waals surface area contributed by atoms with E-state index in [-0.39, 0.29) is 12.3 Å². The van der Waals surface area contributed by atoms with Gasteiger partial charge in [-0.3, -0.25) is 4.79 Å². The number of hydrogen-bond donors (Lipinski definition) is 1. The maximum absolute atomic E-state index is 12.1. The Morgan fingerprint density at radius 2 is 2.08 bits per heavy atom. The van der Waals surface area contributed by atoms with Crippen LogP contribution in [-0.2, 0) is 17.8 Å². The first kappa shape index (κ1) is 17.9. The van der Waals surface area contributed by atoms with Gasteiger partial charge in [0.25, 0.3) is 0 Å². The average Bonchev–Trinajstić information content (AvgIpc) is 3.14. The fourth-order valence-corrected chi connectivity index (χ4v) is 2.69. The molecule has 1 aromatic carbocycles. The first-order chi connectivity index (χ1) is 12.7. The molecule has 0 unspecified atom stereocenters. The molecule has 0 aliphatic heterocycles. The zero-order valence-electron chi connectivity index (χ0n) is 14.2. The van der Waals surface area contributed by atoms with Crippen molar-refractivity contribution in [3.8, 4) is 17.2 Å². The standard InChI is InChI=1S/C19H18ClN3O3/c1-25-19-13(5-4-10-21-19)11-22-17(24)8-9-18-23-12-16(26-18)14-6-2-3-7-15(14)20/h2-7,10,12H,8-9,11H2,1H3,(H,22,24). The van der Waals surface area contributed by atoms with Gasteiger partial charge in [-0.05, 0) is 18.2 Å². The summed E-state index contributed by atoms with van der Waals surface area (Å²) in [7, 11) is 1.55. The van der Waals surface area contributed by atoms with Gasteiger partial charge in [0.15, 0.2) is 11.7 Å². The molecule has 0 aliphatic rings. The van der Waals surface area contributed by atoms with Gasteiger partial charge < -0.3 is 14.5 Å². The van der Waals surface area contributed by atoms with E-state index in [1.807, 2.05) is 24.3 Å². The molecule has 3 aromatic rings. The molecule has 0 aliphatic carbocycles. The van der Waals surface area contributed by atoms with E-state index in [0.717, 1.165) is 11.1 Å². The maximum Gasteiger partial charge on any atom is 0.220 e. The highest BCUT2D eigenvalue weighted by molar-refractivity contribution is 6.33. The second-order valence-electron chi connectivity index (χ2n) is 5.55. The third kappa shape index (κ3) is 4.40. The largest absolute Gasteiger partial charge is 0.481 e. The number of nitrogens with one attached hydrogen (secondary N) is 1. The van der Waals surface area contributed by atoms with Crippen LogP contribution in [0, 0.1) is 0 Å². The molecule has 134 valence electrons. The van der Waals surface area contributed by atoms with Crippen molar-refractivity contribution < 1.29 is 13.9 Å². The molecule has 1 N–H and O–H groups in total. The smallest absolute Gasteiger partial charge is 0.220 e. The van der Waals surface area contributed by atoms with Gasteiger partial charge in [-0.15, -0.1) is 0 Å². The van der Waals surface area contributed by atoms with E-state index < -0.39 is 0 Å². The third-order valence-electron chi connectivity index (χ3n) is 3.78. The number of amides is 1. The second-order valence-corrected chi connectivity index (χ2v) is 5.95. The molecular formula is C19H18ClN3O3. The highest BCUT2D eigenvalue weighted by Crippen LogP contribution is 2.28. The first-order valence-electron chi connectivity index (χ1n) is 8.11. The number of rotatable bonds is 7. The average molecular weight is 372 g/mol. The summed E-state index contributed by atoms with van der Waals surface area (Å²) >= 11 is 6.15. The SMILES string of the molecule is COc1ncccc1CNC(=O)CCc1ncc(-c2ccccc2Cl)o1. The number of nitrogens with zero attached hydrogens (tertiary/aromatic N) is 2. The number of aromatic nitrogens is 2. The van der Waals surface area contributed by atoms with Gasteiger partial charge in [0.1, 0.15) is 0 Å². The molecule has 1 amide bonds. The van der Waals surface area contributed by atoms with Crippen LogP contribution in [0.4, 0.5) is 0 Å². The fraction of sp³-hybridized carbons (Fsp3) is 0.211. The highest BCUT2D eigenvalue weighted by Gasteiger charge is 2.11. The van der Waals surface area contributed by atoms with E-state index >= 15 is 0 Å². The Bertz CT molecular complexity index is 895. The number of carbonyl (C=O) groups excluding carboxylic acids is 1. The molecule has 0 bridgehead atoms. The van der Waals surface area contributed by atoms with Gasteiger partial charge in [0.2, 0.25) is 11.8 Å². The molecular weight excluding hydrogens is 354 g/mol. The molecule has 7 heteroatoms. The van der Waals surface area contributed by atoms with Crippen LogP contribution in [0.1, 0.15) is 17.9 Å². The maximum atomic E-state index is 12.1. The normalized spacial score (nSPS) is 10.5. The predicted octanol–water partition coefficient (Wildman–Crippen LogP) is 3.65. The lowest BCUT2D eigenvalue weighted by atomic mass is 10.2. The van der Waals surface area contributed by atoms with E-state index in [4.69, 9.17) is 20.8 Å². The molecule has 2 heterocycles. The van der Waals surface area contributed by atoms with E-state index in [1.165, 1.54) is 0 Å². The van der Waals surface area contributed by atoms with Crippen LogP contribution >= 0.6 is 11.6 Å². The predicted molar refractivity (Wildman–Crippen MR) is 97.9 cm³/mol. The molecule has 26 heavy (non-hydrogen) atoms. The minimum atomic E-state index is -0.103. The Morgan fingerprint density at radius 3 is 2.88 bits per heavy atom. The zero-order chi connectivity index (χ0) is 18.4. The summed E-state index contributed by atoms with van der Waals surface area (Å²) in [6, 6.07) is 11.0. The lowest BCUT2D eigenvalue weighted by Gasteiger charge is -2.08. The summed E-state index contributed by atoms with van der Waals surface area (Å²) < 4.78 is 10.9. The van der Waals surface area contributed by atoms with Crippen LogP contribution in [0.15, 0.2) is 53.2 Å². The van der Waals surface area contributed by atoms with Gasteiger partial charge in [-0.2, -0.15) is 0 Å². The lowest BCUT2D eigenvalue weighted by molar-refractivity contribution is -0.121. The summed E-state index contributed by atoms with van der Waals surface area (Å²) in [6.45, 7) is 0.353. The van der Waals surface area contributed by atoms with E-state index in [0.29, 0.717) is 35.5 Å². The minimum absolute atomic E-state index is 0.103. The van der Waals surface area contributed by atoms with Gasteiger partial charge in [0.05, 0.1) is 18.3 Å². The summed E-state index contributed by atoms with van der Waals surface area (Å²) in [4.78, 5) is 20.4. The van der Waals surface area contributed by atoms with Crippen LogP contribution in [0.5, 0.6) is 5.88 Å². The van der Waals surface area contributed by atoms with Crippen molar-refractivity contribution in [3.63, 3.8) is 0 Å². The van der Waals surface area contributed by atoms with Gasteiger partial charge in [0, 0.05) is 36.7 Å². The number of pyridine rings is 1. The van der Waals surface area contributed by atoms with Crippen molar-refractivity contribution in [1.29, 1.82) is 0 Å². The number of hydrogen-bond acceptors (Lipinski definition) is 5. The zero-order valence-corrected chi connectivity index (χ0v) is 15.0. The molecule has 0 fully saturated rings. The molecule has 3 rings (SSSR count). The minimum Gasteiger partial charge on any atom is -0.481 e. The Kier molecular flexibility index (Phi) is 5.86. The molecule has 2 aromatic heterocycles. The quantitative estimate of drug-likeness (QED) is 0.686. The van der Waals surface area contributed by atoms with Crippen LogP contribution in [0.2, 0.25) is 5.02 Å². The molecule has 6 nitrogen and oxygen atoms in total. The van der Waals surface area contributed by atoms with Gasteiger partial charge >= 0.3 is 0 Å². The Hall–Kier alpha value is -2.86. The summed E-state index contributed by atoms with van der Waals surface area (Å²) in [5.41, 5.74) is 1.60. The number of ether oxygens (including phenoxy) is 1. The molecule has 0 atom stereocenters. The Labute approximate surface area is 156 Å². The molecule has 0 saturated carbocycles. The first-order valence-corrected chi connectivity index (χ1v) is 8.49. The Balaban J connectivity index is 1.53. The Morgan fingerprint density at radius 1 is 1.23 bits per heavy atom. The van der Waals surface area contributed by atoms with E-state index in [1.54, 1.807) is 31.6 Å². The lowest BCUT2D eigenvalue weighted by Crippen LogP contribution is -2.23. The molecule has 0 spiro atoms. The van der Waals surface area contributed by atoms with Gasteiger partial charge in [-0.25, -0.2) is 9.97 Å². The summed E-state index contributed by atoms with van der Waals surface area (Å²) in [6.07, 6.45) is 3.93. The second kappa shape index (κ2) is 8.49.